The first-order chi connectivity index (χ1) is 20.6. The third kappa shape index (κ3) is 5.50. The van der Waals surface area contributed by atoms with Gasteiger partial charge in [0.05, 0.1) is 34.1 Å². The number of carboxylic acid groups (broad SMARTS) is 1. The van der Waals surface area contributed by atoms with E-state index in [0.29, 0.717) is 22.0 Å². The van der Waals surface area contributed by atoms with E-state index in [-0.39, 0.29) is 17.6 Å². The smallest absolute Gasteiger partial charge is 0.335 e. The number of hydrogen-bond donors (Lipinski definition) is 2. The molecular weight excluding hydrogens is 578 g/mol. The summed E-state index contributed by atoms with van der Waals surface area (Å²) in [6.07, 6.45) is 3.04. The van der Waals surface area contributed by atoms with Crippen molar-refractivity contribution in [1.29, 1.82) is 0 Å². The Hall–Kier alpha value is -3.88. The van der Waals surface area contributed by atoms with Gasteiger partial charge in [-0.1, -0.05) is 31.5 Å². The van der Waals surface area contributed by atoms with Gasteiger partial charge in [0, 0.05) is 42.0 Å². The molecule has 2 aromatic heterocycles. The Balaban J connectivity index is 1.43. The SMILES string of the molecule is Cc1cc(C2C(c3ccccn3)NC(=S)N2c2ccc(N3CC(C)CC(C)C3)c(Cl)c2)c(C)n1-c1ccc(C(=O)O)cc1. The predicted molar refractivity (Wildman–Crippen MR) is 177 cm³/mol. The molecule has 222 valence electrons. The fraction of sp³-hybridized carbons (Fsp3) is 0.324. The van der Waals surface area contributed by atoms with E-state index < -0.39 is 5.97 Å². The van der Waals surface area contributed by atoms with Crippen LogP contribution in [0.3, 0.4) is 0 Å². The molecule has 2 fully saturated rings. The molecule has 0 aliphatic carbocycles. The minimum absolute atomic E-state index is 0.195. The van der Waals surface area contributed by atoms with Crippen LogP contribution in [-0.4, -0.2) is 38.8 Å². The topological polar surface area (TPSA) is 73.6 Å². The molecule has 2 aliphatic heterocycles. The van der Waals surface area contributed by atoms with Gasteiger partial charge in [0.15, 0.2) is 5.11 Å². The number of carboxylic acids is 1. The van der Waals surface area contributed by atoms with E-state index in [1.807, 2.05) is 36.4 Å². The second-order valence-electron chi connectivity index (χ2n) is 12.0. The van der Waals surface area contributed by atoms with Crippen LogP contribution < -0.4 is 15.1 Å². The molecule has 4 atom stereocenters. The lowest BCUT2D eigenvalue weighted by Gasteiger charge is -2.37. The molecule has 0 amide bonds. The Kier molecular flexibility index (Phi) is 7.92. The summed E-state index contributed by atoms with van der Waals surface area (Å²) in [5.41, 5.74) is 7.21. The van der Waals surface area contributed by atoms with Crippen molar-refractivity contribution < 1.29 is 9.90 Å². The largest absolute Gasteiger partial charge is 0.478 e. The fourth-order valence-electron chi connectivity index (χ4n) is 6.95. The predicted octanol–water partition coefficient (Wildman–Crippen LogP) is 7.50. The molecule has 0 bridgehead atoms. The third-order valence-corrected chi connectivity index (χ3v) is 9.30. The lowest BCUT2D eigenvalue weighted by Crippen LogP contribution is -2.38. The quantitative estimate of drug-likeness (QED) is 0.218. The van der Waals surface area contributed by atoms with Crippen LogP contribution in [0.25, 0.3) is 5.69 Å². The molecule has 4 aromatic rings. The van der Waals surface area contributed by atoms with E-state index in [0.717, 1.165) is 52.8 Å². The zero-order chi connectivity index (χ0) is 30.4. The monoisotopic (exact) mass is 613 g/mol. The van der Waals surface area contributed by atoms with Gasteiger partial charge in [-0.15, -0.1) is 0 Å². The van der Waals surface area contributed by atoms with Gasteiger partial charge in [-0.25, -0.2) is 4.79 Å². The lowest BCUT2D eigenvalue weighted by atomic mass is 9.91. The highest BCUT2D eigenvalue weighted by molar-refractivity contribution is 7.80. The maximum absolute atomic E-state index is 11.4. The highest BCUT2D eigenvalue weighted by Gasteiger charge is 2.42. The average Bonchev–Trinajstić information content (AvgIpc) is 3.47. The highest BCUT2D eigenvalue weighted by Crippen LogP contribution is 2.45. The van der Waals surface area contributed by atoms with Gasteiger partial charge in [-0.3, -0.25) is 4.98 Å². The van der Waals surface area contributed by atoms with E-state index in [9.17, 15) is 9.90 Å². The Bertz CT molecular complexity index is 1660. The summed E-state index contributed by atoms with van der Waals surface area (Å²) >= 11 is 13.0. The molecule has 2 N–H and O–H groups in total. The number of benzene rings is 2. The van der Waals surface area contributed by atoms with Crippen LogP contribution in [0.15, 0.2) is 72.9 Å². The number of hydrogen-bond acceptors (Lipinski definition) is 4. The van der Waals surface area contributed by atoms with E-state index in [2.05, 4.69) is 65.6 Å². The number of thiocarbonyl (C=S) groups is 1. The van der Waals surface area contributed by atoms with Crippen LogP contribution in [-0.2, 0) is 0 Å². The Labute approximate surface area is 263 Å². The van der Waals surface area contributed by atoms with Crippen molar-refractivity contribution in [2.24, 2.45) is 11.8 Å². The van der Waals surface area contributed by atoms with Crippen molar-refractivity contribution in [2.45, 2.75) is 46.2 Å². The molecule has 43 heavy (non-hydrogen) atoms. The Morgan fingerprint density at radius 3 is 2.33 bits per heavy atom. The molecule has 0 saturated carbocycles. The summed E-state index contributed by atoms with van der Waals surface area (Å²) in [7, 11) is 0. The van der Waals surface area contributed by atoms with Crippen LogP contribution in [0.1, 0.15) is 65.4 Å². The summed E-state index contributed by atoms with van der Waals surface area (Å²) in [6.45, 7) is 10.8. The normalized spacial score (nSPS) is 22.1. The maximum Gasteiger partial charge on any atom is 0.335 e. The van der Waals surface area contributed by atoms with Crippen molar-refractivity contribution in [3.05, 3.63) is 106 Å². The standard InChI is InChI=1S/C34H36ClN5O2S/c1-20-15-21(2)19-38(18-20)30-13-12-26(17-28(30)35)40-32(31(37-34(40)43)29-7-5-6-14-36-29)27-16-22(3)39(23(27)4)25-10-8-24(9-11-25)33(41)42/h5-14,16-17,20-21,31-32H,15,18-19H2,1-4H3,(H,37,43)(H,41,42). The molecule has 2 aromatic carbocycles. The van der Waals surface area contributed by atoms with Gasteiger partial charge in [0.2, 0.25) is 0 Å². The number of rotatable bonds is 6. The van der Waals surface area contributed by atoms with E-state index in [1.165, 1.54) is 6.42 Å². The molecule has 2 aliphatic rings. The Morgan fingerprint density at radius 1 is 1.00 bits per heavy atom. The van der Waals surface area contributed by atoms with E-state index in [1.54, 1.807) is 18.3 Å². The van der Waals surface area contributed by atoms with Gasteiger partial charge >= 0.3 is 5.97 Å². The zero-order valence-electron chi connectivity index (χ0n) is 24.8. The second kappa shape index (κ2) is 11.7. The van der Waals surface area contributed by atoms with E-state index >= 15 is 0 Å². The van der Waals surface area contributed by atoms with Gasteiger partial charge < -0.3 is 24.8 Å². The fourth-order valence-corrected chi connectivity index (χ4v) is 7.59. The van der Waals surface area contributed by atoms with Crippen molar-refractivity contribution >= 4 is 46.3 Å². The number of nitrogens with zero attached hydrogens (tertiary/aromatic N) is 4. The number of anilines is 2. The second-order valence-corrected chi connectivity index (χ2v) is 12.8. The van der Waals surface area contributed by atoms with Crippen molar-refractivity contribution in [3.8, 4) is 5.69 Å². The molecule has 4 heterocycles. The average molecular weight is 614 g/mol. The van der Waals surface area contributed by atoms with Crippen LogP contribution in [0.2, 0.25) is 5.02 Å². The van der Waals surface area contributed by atoms with Gasteiger partial charge in [0.1, 0.15) is 0 Å². The summed E-state index contributed by atoms with van der Waals surface area (Å²) in [5.74, 6) is 0.296. The number of nitrogens with one attached hydrogen (secondary N) is 1. The summed E-state index contributed by atoms with van der Waals surface area (Å²) in [5, 5.41) is 14.3. The van der Waals surface area contributed by atoms with E-state index in [4.69, 9.17) is 28.8 Å². The number of carbonyl (C=O) groups is 1. The first-order valence-electron chi connectivity index (χ1n) is 14.7. The molecule has 2 saturated heterocycles. The minimum Gasteiger partial charge on any atom is -0.478 e. The summed E-state index contributed by atoms with van der Waals surface area (Å²) in [4.78, 5) is 20.7. The lowest BCUT2D eigenvalue weighted by molar-refractivity contribution is 0.0697. The third-order valence-electron chi connectivity index (χ3n) is 8.68. The van der Waals surface area contributed by atoms with Crippen LogP contribution in [0, 0.1) is 25.7 Å². The first kappa shape index (κ1) is 29.2. The molecule has 7 nitrogen and oxygen atoms in total. The van der Waals surface area contributed by atoms with Crippen molar-refractivity contribution in [3.63, 3.8) is 0 Å². The molecule has 4 unspecified atom stereocenters. The summed E-state index contributed by atoms with van der Waals surface area (Å²) in [6, 6.07) is 21.0. The first-order valence-corrected chi connectivity index (χ1v) is 15.5. The zero-order valence-corrected chi connectivity index (χ0v) is 26.4. The Morgan fingerprint density at radius 2 is 1.70 bits per heavy atom. The number of piperidine rings is 1. The van der Waals surface area contributed by atoms with Gasteiger partial charge in [-0.2, -0.15) is 0 Å². The number of aromatic carboxylic acids is 1. The number of halogens is 1. The van der Waals surface area contributed by atoms with Gasteiger partial charge in [0.25, 0.3) is 0 Å². The van der Waals surface area contributed by atoms with Crippen LogP contribution in [0.4, 0.5) is 11.4 Å². The molecular formula is C34H36ClN5O2S. The highest BCUT2D eigenvalue weighted by atomic mass is 35.5. The summed E-state index contributed by atoms with van der Waals surface area (Å²) < 4.78 is 2.16. The van der Waals surface area contributed by atoms with Gasteiger partial charge in [-0.05, 0) is 111 Å². The minimum atomic E-state index is -0.943. The molecule has 9 heteroatoms. The van der Waals surface area contributed by atoms with Crippen LogP contribution >= 0.6 is 23.8 Å². The van der Waals surface area contributed by atoms with Crippen molar-refractivity contribution in [1.82, 2.24) is 14.9 Å². The van der Waals surface area contributed by atoms with Crippen molar-refractivity contribution in [2.75, 3.05) is 22.9 Å². The number of aryl methyl sites for hydroxylation is 1. The molecule has 0 spiro atoms. The van der Waals surface area contributed by atoms with Crippen LogP contribution in [0.5, 0.6) is 0 Å². The number of pyridine rings is 1. The maximum atomic E-state index is 11.4. The molecule has 0 radical (unpaired) electrons. The number of aromatic nitrogens is 2. The molecule has 6 rings (SSSR count).